The molecule has 0 spiro atoms. The first-order valence-electron chi connectivity index (χ1n) is 9.38. The zero-order valence-corrected chi connectivity index (χ0v) is 16.6. The molecule has 6 nitrogen and oxygen atoms in total. The van der Waals surface area contributed by atoms with Gasteiger partial charge in [-0.3, -0.25) is 9.78 Å². The minimum absolute atomic E-state index is 0.0361. The van der Waals surface area contributed by atoms with E-state index in [-0.39, 0.29) is 23.9 Å². The van der Waals surface area contributed by atoms with Crippen molar-refractivity contribution in [2.45, 2.75) is 32.7 Å². The number of rotatable bonds is 5. The number of carbonyl (C=O) groups is 2. The summed E-state index contributed by atoms with van der Waals surface area (Å²) < 4.78 is 0. The van der Waals surface area contributed by atoms with E-state index in [0.29, 0.717) is 32.5 Å². The number of urea groups is 1. The number of pyridine rings is 1. The molecule has 7 heteroatoms. The van der Waals surface area contributed by atoms with Crippen LogP contribution in [-0.4, -0.2) is 41.5 Å². The zero-order chi connectivity index (χ0) is 19.2. The number of thiophene rings is 1. The largest absolute Gasteiger partial charge is 0.343 e. The predicted molar refractivity (Wildman–Crippen MR) is 107 cm³/mol. The molecule has 0 saturated carbocycles. The van der Waals surface area contributed by atoms with E-state index in [1.54, 1.807) is 22.4 Å². The second kappa shape index (κ2) is 8.99. The minimum atomic E-state index is -0.236. The number of hydrogen-bond donors (Lipinski definition) is 2. The molecule has 2 aromatic rings. The number of carbonyl (C=O) groups excluding carboxylic acids is 2. The molecule has 1 aliphatic rings. The minimum Gasteiger partial charge on any atom is -0.343 e. The summed E-state index contributed by atoms with van der Waals surface area (Å²) in [6, 6.07) is 7.66. The van der Waals surface area contributed by atoms with Crippen molar-refractivity contribution >= 4 is 23.3 Å². The summed E-state index contributed by atoms with van der Waals surface area (Å²) >= 11 is 1.62. The van der Waals surface area contributed by atoms with Gasteiger partial charge in [0.2, 0.25) is 5.91 Å². The fraction of sp³-hybridized carbons (Fsp3) is 0.450. The quantitative estimate of drug-likeness (QED) is 0.829. The van der Waals surface area contributed by atoms with E-state index >= 15 is 0 Å². The molecule has 1 aliphatic heterocycles. The Morgan fingerprint density at radius 2 is 2.07 bits per heavy atom. The number of likely N-dealkylation sites (tertiary alicyclic amines) is 1. The van der Waals surface area contributed by atoms with E-state index < -0.39 is 0 Å². The van der Waals surface area contributed by atoms with E-state index in [2.05, 4.69) is 15.6 Å². The number of hydrogen-bond acceptors (Lipinski definition) is 4. The van der Waals surface area contributed by atoms with Crippen LogP contribution in [0.1, 0.15) is 41.9 Å². The zero-order valence-electron chi connectivity index (χ0n) is 15.8. The molecule has 1 unspecified atom stereocenters. The summed E-state index contributed by atoms with van der Waals surface area (Å²) in [6.45, 7) is 5.75. The molecule has 0 bridgehead atoms. The highest BCUT2D eigenvalue weighted by molar-refractivity contribution is 7.10. The van der Waals surface area contributed by atoms with E-state index in [1.807, 2.05) is 43.5 Å². The molecule has 3 amide bonds. The highest BCUT2D eigenvalue weighted by Crippen LogP contribution is 2.28. The maximum Gasteiger partial charge on any atom is 0.317 e. The van der Waals surface area contributed by atoms with Crippen LogP contribution in [0.4, 0.5) is 4.79 Å². The van der Waals surface area contributed by atoms with Gasteiger partial charge in [0.1, 0.15) is 6.04 Å². The van der Waals surface area contributed by atoms with Crippen LogP contribution in [0.3, 0.4) is 0 Å². The van der Waals surface area contributed by atoms with E-state index in [0.717, 1.165) is 16.1 Å². The smallest absolute Gasteiger partial charge is 0.317 e. The Labute approximate surface area is 164 Å². The van der Waals surface area contributed by atoms with Crippen LogP contribution >= 0.6 is 11.3 Å². The normalized spacial score (nSPS) is 16.0. The Bertz CT molecular complexity index is 770. The summed E-state index contributed by atoms with van der Waals surface area (Å²) in [6.07, 6.45) is 3.13. The molecule has 0 radical (unpaired) electrons. The summed E-state index contributed by atoms with van der Waals surface area (Å²) in [4.78, 5) is 32.3. The third-order valence-electron chi connectivity index (χ3n) is 4.92. The molecule has 144 valence electrons. The Hall–Kier alpha value is -2.41. The van der Waals surface area contributed by atoms with Crippen LogP contribution in [0.15, 0.2) is 35.8 Å². The van der Waals surface area contributed by atoms with Gasteiger partial charge in [-0.25, -0.2) is 4.79 Å². The van der Waals surface area contributed by atoms with Crippen molar-refractivity contribution in [3.05, 3.63) is 52.0 Å². The molecule has 2 aromatic heterocycles. The summed E-state index contributed by atoms with van der Waals surface area (Å²) in [5.41, 5.74) is 1.94. The summed E-state index contributed by atoms with van der Waals surface area (Å²) in [5.74, 6) is -0.0452. The van der Waals surface area contributed by atoms with Gasteiger partial charge in [-0.05, 0) is 49.8 Å². The van der Waals surface area contributed by atoms with Gasteiger partial charge in [-0.2, -0.15) is 0 Å². The maximum atomic E-state index is 12.9. The van der Waals surface area contributed by atoms with E-state index in [4.69, 9.17) is 0 Å². The number of nitrogens with one attached hydrogen (secondary N) is 2. The van der Waals surface area contributed by atoms with Crippen molar-refractivity contribution in [2.24, 2.45) is 5.92 Å². The Balaban J connectivity index is 1.68. The lowest BCUT2D eigenvalue weighted by Gasteiger charge is -2.32. The molecule has 27 heavy (non-hydrogen) atoms. The lowest BCUT2D eigenvalue weighted by Crippen LogP contribution is -2.47. The number of nitrogens with zero attached hydrogens (tertiary/aromatic N) is 2. The average molecular weight is 387 g/mol. The first-order chi connectivity index (χ1) is 13.1. The first-order valence-corrected chi connectivity index (χ1v) is 10.3. The molecule has 1 atom stereocenters. The van der Waals surface area contributed by atoms with Crippen molar-refractivity contribution in [3.8, 4) is 0 Å². The molecule has 1 saturated heterocycles. The fourth-order valence-electron chi connectivity index (χ4n) is 3.40. The average Bonchev–Trinajstić information content (AvgIpc) is 3.21. The van der Waals surface area contributed by atoms with Crippen LogP contribution in [0.25, 0.3) is 0 Å². The van der Waals surface area contributed by atoms with Crippen LogP contribution in [0.2, 0.25) is 0 Å². The van der Waals surface area contributed by atoms with Crippen LogP contribution < -0.4 is 10.6 Å². The van der Waals surface area contributed by atoms with Crippen molar-refractivity contribution in [1.29, 1.82) is 0 Å². The summed E-state index contributed by atoms with van der Waals surface area (Å²) in [5, 5.41) is 8.03. The standard InChI is InChI=1S/C20H26N4O2S/c1-3-21-20(26)24-11-8-15(9-12-24)19(25)23-18(16-7-5-13-27-16)17-14(2)6-4-10-22-17/h4-7,10,13,15,18H,3,8-9,11-12H2,1-2H3,(H,21,26)(H,23,25). The SMILES string of the molecule is CCNC(=O)N1CCC(C(=O)NC(c2cccs2)c2ncccc2C)CC1. The lowest BCUT2D eigenvalue weighted by molar-refractivity contribution is -0.126. The molecule has 3 rings (SSSR count). The molecule has 0 aromatic carbocycles. The molecule has 1 fully saturated rings. The van der Waals surface area contributed by atoms with Gasteiger partial charge in [0.15, 0.2) is 0 Å². The molecule has 0 aliphatic carbocycles. The lowest BCUT2D eigenvalue weighted by atomic mass is 9.95. The van der Waals surface area contributed by atoms with Crippen LogP contribution in [-0.2, 0) is 4.79 Å². The second-order valence-corrected chi connectivity index (χ2v) is 7.74. The van der Waals surface area contributed by atoms with Gasteiger partial charge < -0.3 is 15.5 Å². The molecule has 2 N–H and O–H groups in total. The van der Waals surface area contributed by atoms with Crippen LogP contribution in [0, 0.1) is 12.8 Å². The maximum absolute atomic E-state index is 12.9. The van der Waals surface area contributed by atoms with Gasteiger partial charge in [-0.15, -0.1) is 11.3 Å². The highest BCUT2D eigenvalue weighted by atomic mass is 32.1. The molecular formula is C20H26N4O2S. The van der Waals surface area contributed by atoms with Crippen LogP contribution in [0.5, 0.6) is 0 Å². The molecule has 3 heterocycles. The van der Waals surface area contributed by atoms with Crippen molar-refractivity contribution in [1.82, 2.24) is 20.5 Å². The molecular weight excluding hydrogens is 360 g/mol. The van der Waals surface area contributed by atoms with Crippen molar-refractivity contribution < 1.29 is 9.59 Å². The third-order valence-corrected chi connectivity index (χ3v) is 5.86. The topological polar surface area (TPSA) is 74.3 Å². The van der Waals surface area contributed by atoms with Crippen molar-refractivity contribution in [2.75, 3.05) is 19.6 Å². The van der Waals surface area contributed by atoms with E-state index in [1.165, 1.54) is 0 Å². The first kappa shape index (κ1) is 19.4. The van der Waals surface area contributed by atoms with E-state index in [9.17, 15) is 9.59 Å². The number of aryl methyl sites for hydroxylation is 1. The Morgan fingerprint density at radius 3 is 2.70 bits per heavy atom. The van der Waals surface area contributed by atoms with Gasteiger partial charge in [0.05, 0.1) is 5.69 Å². The number of amides is 3. The number of aromatic nitrogens is 1. The van der Waals surface area contributed by atoms with Gasteiger partial charge in [0.25, 0.3) is 0 Å². The van der Waals surface area contributed by atoms with Gasteiger partial charge in [-0.1, -0.05) is 12.1 Å². The summed E-state index contributed by atoms with van der Waals surface area (Å²) in [7, 11) is 0. The third kappa shape index (κ3) is 4.66. The monoisotopic (exact) mass is 386 g/mol. The van der Waals surface area contributed by atoms with Crippen molar-refractivity contribution in [3.63, 3.8) is 0 Å². The fourth-order valence-corrected chi connectivity index (χ4v) is 4.18. The Kier molecular flexibility index (Phi) is 6.45. The second-order valence-electron chi connectivity index (χ2n) is 6.76. The highest BCUT2D eigenvalue weighted by Gasteiger charge is 2.30. The predicted octanol–water partition coefficient (Wildman–Crippen LogP) is 3.10. The number of piperidine rings is 1. The van der Waals surface area contributed by atoms with Gasteiger partial charge in [0, 0.05) is 36.6 Å². The Morgan fingerprint density at radius 1 is 1.30 bits per heavy atom. The van der Waals surface area contributed by atoms with Gasteiger partial charge >= 0.3 is 6.03 Å².